The van der Waals surface area contributed by atoms with Gasteiger partial charge in [0.05, 0.1) is 5.92 Å². The number of amides is 2. The van der Waals surface area contributed by atoms with E-state index in [1.54, 1.807) is 30.0 Å². The molecule has 136 valence electrons. The lowest BCUT2D eigenvalue weighted by atomic mass is 10.1. The molecule has 1 aromatic carbocycles. The topological polar surface area (TPSA) is 95.2 Å². The molecule has 1 atom stereocenters. The summed E-state index contributed by atoms with van der Waals surface area (Å²) in [5, 5.41) is 2.87. The number of hydrogen-bond acceptors (Lipinski definition) is 4. The van der Waals surface area contributed by atoms with Crippen molar-refractivity contribution in [2.24, 2.45) is 5.92 Å². The van der Waals surface area contributed by atoms with E-state index < -0.39 is 0 Å². The maximum Gasteiger partial charge on any atom is 0.251 e. The van der Waals surface area contributed by atoms with E-state index in [2.05, 4.69) is 15.3 Å². The van der Waals surface area contributed by atoms with Gasteiger partial charge >= 0.3 is 0 Å². The molecule has 26 heavy (non-hydrogen) atoms. The minimum Gasteiger partial charge on any atom is -0.339 e. The van der Waals surface area contributed by atoms with Crippen molar-refractivity contribution >= 4 is 17.5 Å². The highest BCUT2D eigenvalue weighted by molar-refractivity contribution is 5.97. The first-order valence-electron chi connectivity index (χ1n) is 8.62. The van der Waals surface area contributed by atoms with Crippen LogP contribution in [0.15, 0.2) is 35.1 Å². The van der Waals surface area contributed by atoms with Gasteiger partial charge < -0.3 is 15.2 Å². The second-order valence-electron chi connectivity index (χ2n) is 6.85. The minimum atomic E-state index is -0.356. The highest BCUT2D eigenvalue weighted by Crippen LogP contribution is 2.23. The quantitative estimate of drug-likeness (QED) is 0.877. The zero-order valence-corrected chi connectivity index (χ0v) is 15.1. The van der Waals surface area contributed by atoms with Crippen LogP contribution in [0.5, 0.6) is 0 Å². The Morgan fingerprint density at radius 2 is 2.08 bits per heavy atom. The summed E-state index contributed by atoms with van der Waals surface area (Å²) in [5.74, 6) is -0.0710. The van der Waals surface area contributed by atoms with Gasteiger partial charge in [0.25, 0.3) is 5.56 Å². The number of rotatable bonds is 4. The standard InChI is InChI=1S/C19H22N4O3/c1-11(2)23-10-14(9-17(23)25)19(26)21-15-6-4-5-13(8-15)18-20-12(3)7-16(24)22-18/h4-8,11,14H,9-10H2,1-3H3,(H,21,26)(H,20,22,24). The second kappa shape index (κ2) is 7.11. The van der Waals surface area contributed by atoms with Crippen molar-refractivity contribution in [3.8, 4) is 11.4 Å². The molecule has 2 aromatic rings. The number of nitrogens with zero attached hydrogens (tertiary/aromatic N) is 2. The first kappa shape index (κ1) is 17.8. The highest BCUT2D eigenvalue weighted by atomic mass is 16.2. The summed E-state index contributed by atoms with van der Waals surface area (Å²) in [4.78, 5) is 44.9. The Labute approximate surface area is 151 Å². The summed E-state index contributed by atoms with van der Waals surface area (Å²) in [7, 11) is 0. The first-order chi connectivity index (χ1) is 12.3. The average Bonchev–Trinajstić information content (AvgIpc) is 2.96. The van der Waals surface area contributed by atoms with Gasteiger partial charge in [-0.05, 0) is 32.9 Å². The van der Waals surface area contributed by atoms with Crippen LogP contribution in [-0.4, -0.2) is 39.3 Å². The molecule has 0 radical (unpaired) electrons. The smallest absolute Gasteiger partial charge is 0.251 e. The number of aryl methyl sites for hydroxylation is 1. The molecule has 2 amide bonds. The van der Waals surface area contributed by atoms with Gasteiger partial charge in [0.2, 0.25) is 11.8 Å². The van der Waals surface area contributed by atoms with Crippen LogP contribution in [-0.2, 0) is 9.59 Å². The summed E-state index contributed by atoms with van der Waals surface area (Å²) in [6, 6.07) is 8.64. The fraction of sp³-hybridized carbons (Fsp3) is 0.368. The molecule has 0 saturated carbocycles. The van der Waals surface area contributed by atoms with Gasteiger partial charge in [-0.15, -0.1) is 0 Å². The molecule has 3 rings (SSSR count). The van der Waals surface area contributed by atoms with Crippen molar-refractivity contribution < 1.29 is 9.59 Å². The molecule has 1 saturated heterocycles. The molecule has 1 unspecified atom stereocenters. The van der Waals surface area contributed by atoms with Crippen molar-refractivity contribution in [2.75, 3.05) is 11.9 Å². The number of likely N-dealkylation sites (tertiary alicyclic amines) is 1. The van der Waals surface area contributed by atoms with Gasteiger partial charge in [0, 0.05) is 42.0 Å². The van der Waals surface area contributed by atoms with Crippen molar-refractivity contribution in [1.82, 2.24) is 14.9 Å². The molecule has 1 aliphatic heterocycles. The Balaban J connectivity index is 1.76. The fourth-order valence-corrected chi connectivity index (χ4v) is 3.11. The zero-order valence-electron chi connectivity index (χ0n) is 15.1. The van der Waals surface area contributed by atoms with Gasteiger partial charge in [-0.1, -0.05) is 12.1 Å². The van der Waals surface area contributed by atoms with E-state index in [9.17, 15) is 14.4 Å². The predicted molar refractivity (Wildman–Crippen MR) is 98.6 cm³/mol. The lowest BCUT2D eigenvalue weighted by molar-refractivity contribution is -0.129. The van der Waals surface area contributed by atoms with E-state index in [1.165, 1.54) is 6.07 Å². The zero-order chi connectivity index (χ0) is 18.8. The number of hydrogen-bond donors (Lipinski definition) is 2. The third kappa shape index (κ3) is 3.82. The van der Waals surface area contributed by atoms with Crippen LogP contribution in [0, 0.1) is 12.8 Å². The first-order valence-corrected chi connectivity index (χ1v) is 8.62. The van der Waals surface area contributed by atoms with Gasteiger partial charge in [0.15, 0.2) is 0 Å². The van der Waals surface area contributed by atoms with Gasteiger partial charge in [-0.25, -0.2) is 4.98 Å². The number of benzene rings is 1. The van der Waals surface area contributed by atoms with Crippen LogP contribution in [0.25, 0.3) is 11.4 Å². The normalized spacial score (nSPS) is 17.0. The summed E-state index contributed by atoms with van der Waals surface area (Å²) >= 11 is 0. The fourth-order valence-electron chi connectivity index (χ4n) is 3.11. The highest BCUT2D eigenvalue weighted by Gasteiger charge is 2.35. The van der Waals surface area contributed by atoms with Gasteiger partial charge in [-0.2, -0.15) is 0 Å². The molecule has 0 spiro atoms. The molecule has 1 fully saturated rings. The van der Waals surface area contributed by atoms with Crippen LogP contribution < -0.4 is 10.9 Å². The molecular formula is C19H22N4O3. The summed E-state index contributed by atoms with van der Waals surface area (Å²) < 4.78 is 0. The third-order valence-corrected chi connectivity index (χ3v) is 4.43. The van der Waals surface area contributed by atoms with Crippen LogP contribution in [0.3, 0.4) is 0 Å². The molecule has 2 N–H and O–H groups in total. The number of anilines is 1. The van der Waals surface area contributed by atoms with E-state index in [0.717, 1.165) is 0 Å². The Morgan fingerprint density at radius 3 is 2.73 bits per heavy atom. The monoisotopic (exact) mass is 354 g/mol. The number of nitrogens with one attached hydrogen (secondary N) is 2. The number of aromatic nitrogens is 2. The third-order valence-electron chi connectivity index (χ3n) is 4.43. The number of carbonyl (C=O) groups excluding carboxylic acids is 2. The maximum atomic E-state index is 12.5. The second-order valence-corrected chi connectivity index (χ2v) is 6.85. The van der Waals surface area contributed by atoms with E-state index in [-0.39, 0.29) is 35.8 Å². The van der Waals surface area contributed by atoms with Crippen molar-refractivity contribution in [1.29, 1.82) is 0 Å². The van der Waals surface area contributed by atoms with E-state index in [1.807, 2.05) is 19.9 Å². The maximum absolute atomic E-state index is 12.5. The molecule has 1 aromatic heterocycles. The minimum absolute atomic E-state index is 0.00966. The van der Waals surface area contributed by atoms with Crippen molar-refractivity contribution in [3.63, 3.8) is 0 Å². The molecule has 1 aliphatic rings. The summed E-state index contributed by atoms with van der Waals surface area (Å²) in [5.41, 5.74) is 1.71. The van der Waals surface area contributed by atoms with Crippen LogP contribution in [0.1, 0.15) is 26.0 Å². The summed E-state index contributed by atoms with van der Waals surface area (Å²) in [6.45, 7) is 6.07. The Hall–Kier alpha value is -2.96. The lowest BCUT2D eigenvalue weighted by Crippen LogP contribution is -2.33. The Morgan fingerprint density at radius 1 is 1.31 bits per heavy atom. The van der Waals surface area contributed by atoms with E-state index in [4.69, 9.17) is 0 Å². The molecule has 2 heterocycles. The van der Waals surface area contributed by atoms with E-state index in [0.29, 0.717) is 29.3 Å². The molecule has 0 bridgehead atoms. The van der Waals surface area contributed by atoms with Crippen molar-refractivity contribution in [3.05, 3.63) is 46.4 Å². The molecule has 7 nitrogen and oxygen atoms in total. The Bertz CT molecular complexity index is 904. The largest absolute Gasteiger partial charge is 0.339 e. The average molecular weight is 354 g/mol. The van der Waals surface area contributed by atoms with Crippen molar-refractivity contribution in [2.45, 2.75) is 33.2 Å². The number of carbonyl (C=O) groups is 2. The van der Waals surface area contributed by atoms with E-state index >= 15 is 0 Å². The van der Waals surface area contributed by atoms with Crippen LogP contribution in [0.2, 0.25) is 0 Å². The van der Waals surface area contributed by atoms with Gasteiger partial charge in [0.1, 0.15) is 5.82 Å². The lowest BCUT2D eigenvalue weighted by Gasteiger charge is -2.20. The van der Waals surface area contributed by atoms with Crippen LogP contribution in [0.4, 0.5) is 5.69 Å². The summed E-state index contributed by atoms with van der Waals surface area (Å²) in [6.07, 6.45) is 0.233. The number of H-pyrrole nitrogens is 1. The van der Waals surface area contributed by atoms with Gasteiger partial charge in [-0.3, -0.25) is 14.4 Å². The SMILES string of the molecule is Cc1cc(=O)[nH]c(-c2cccc(NC(=O)C3CC(=O)N(C(C)C)C3)c2)n1. The Kier molecular flexibility index (Phi) is 4.88. The predicted octanol–water partition coefficient (Wildman–Crippen LogP) is 1.94. The number of aromatic amines is 1. The van der Waals surface area contributed by atoms with Crippen LogP contribution >= 0.6 is 0 Å². The molecule has 7 heteroatoms. The molecular weight excluding hydrogens is 332 g/mol. The molecule has 0 aliphatic carbocycles.